The number of nitro benzene ring substituents is 1. The van der Waals surface area contributed by atoms with E-state index in [2.05, 4.69) is 0 Å². The van der Waals surface area contributed by atoms with Crippen LogP contribution >= 0.6 is 0 Å². The summed E-state index contributed by atoms with van der Waals surface area (Å²) in [5.41, 5.74) is -0.818. The van der Waals surface area contributed by atoms with Crippen LogP contribution in [0.4, 0.5) is 11.4 Å². The number of ether oxygens (including phenoxy) is 1. The van der Waals surface area contributed by atoms with Crippen LogP contribution < -0.4 is 4.90 Å². The van der Waals surface area contributed by atoms with E-state index in [4.69, 9.17) is 4.74 Å². The van der Waals surface area contributed by atoms with Gasteiger partial charge in [-0.15, -0.1) is 0 Å². The van der Waals surface area contributed by atoms with Gasteiger partial charge in [0.25, 0.3) is 11.6 Å². The molecule has 1 atom stereocenters. The molecule has 2 aliphatic heterocycles. The molecule has 4 rings (SSSR count). The summed E-state index contributed by atoms with van der Waals surface area (Å²) in [6, 6.07) is 12.7. The van der Waals surface area contributed by atoms with Crippen molar-refractivity contribution in [1.29, 1.82) is 0 Å². The molecular weight excluding hydrogens is 414 g/mol. The number of para-hydroxylation sites is 2. The van der Waals surface area contributed by atoms with E-state index in [1.54, 1.807) is 30.3 Å². The van der Waals surface area contributed by atoms with Crippen LogP contribution in [0.3, 0.4) is 0 Å². The number of nitro groups is 1. The van der Waals surface area contributed by atoms with Crippen molar-refractivity contribution >= 4 is 29.2 Å². The third kappa shape index (κ3) is 3.30. The molecule has 32 heavy (non-hydrogen) atoms. The number of carbonyl (C=O) groups is 3. The molecule has 0 aliphatic carbocycles. The number of anilines is 1. The number of nitrogens with zero attached hydrogens (tertiary/aromatic N) is 3. The second-order valence-electron chi connectivity index (χ2n) is 8.33. The molecule has 0 N–H and O–H groups in total. The third-order valence-electron chi connectivity index (χ3n) is 5.80. The predicted octanol–water partition coefficient (Wildman–Crippen LogP) is 3.27. The van der Waals surface area contributed by atoms with Crippen LogP contribution in [0.25, 0.3) is 0 Å². The fraction of sp³-hybridized carbons (Fsp3) is 0.348. The summed E-state index contributed by atoms with van der Waals surface area (Å²) in [6.07, 6.45) is 0.172. The lowest BCUT2D eigenvalue weighted by Crippen LogP contribution is -2.69. The average Bonchev–Trinajstić information content (AvgIpc) is 3.13. The van der Waals surface area contributed by atoms with E-state index in [-0.39, 0.29) is 55.0 Å². The van der Waals surface area contributed by atoms with Crippen molar-refractivity contribution in [3.05, 3.63) is 69.8 Å². The number of amides is 2. The van der Waals surface area contributed by atoms with E-state index >= 15 is 0 Å². The van der Waals surface area contributed by atoms with Gasteiger partial charge in [-0.05, 0) is 24.1 Å². The number of hydrogen-bond acceptors (Lipinski definition) is 6. The number of benzene rings is 2. The van der Waals surface area contributed by atoms with Crippen LogP contribution in [0.5, 0.6) is 0 Å². The SMILES string of the molecule is CC(C)CN1C(=O)c2ccccc2N2C(=O)CC[C@]12C(=O)OCc1ccccc1[N+](=O)[O-]. The Morgan fingerprint density at radius 3 is 2.56 bits per heavy atom. The maximum atomic E-state index is 13.6. The first-order chi connectivity index (χ1) is 15.3. The lowest BCUT2D eigenvalue weighted by Gasteiger charge is -2.48. The highest BCUT2D eigenvalue weighted by molar-refractivity contribution is 6.15. The zero-order valence-electron chi connectivity index (χ0n) is 17.8. The van der Waals surface area contributed by atoms with E-state index in [1.807, 2.05) is 13.8 Å². The molecule has 0 unspecified atom stereocenters. The number of esters is 1. The van der Waals surface area contributed by atoms with Crippen molar-refractivity contribution in [1.82, 2.24) is 4.90 Å². The van der Waals surface area contributed by atoms with Crippen molar-refractivity contribution < 1.29 is 24.0 Å². The number of carbonyl (C=O) groups excluding carboxylic acids is 3. The quantitative estimate of drug-likeness (QED) is 0.390. The molecule has 2 amide bonds. The average molecular weight is 437 g/mol. The summed E-state index contributed by atoms with van der Waals surface area (Å²) < 4.78 is 5.56. The molecule has 2 aromatic carbocycles. The standard InChI is InChI=1S/C23H23N3O6/c1-15(2)13-24-21(28)17-8-4-6-10-19(17)25-20(27)11-12-23(24,25)22(29)32-14-16-7-3-5-9-18(16)26(30)31/h3-10,15H,11-14H2,1-2H3/t23-/m0/s1. The van der Waals surface area contributed by atoms with Gasteiger partial charge in [-0.1, -0.05) is 38.1 Å². The van der Waals surface area contributed by atoms with E-state index in [0.29, 0.717) is 11.3 Å². The predicted molar refractivity (Wildman–Crippen MR) is 115 cm³/mol. The van der Waals surface area contributed by atoms with Gasteiger partial charge in [0.2, 0.25) is 11.6 Å². The van der Waals surface area contributed by atoms with Crippen molar-refractivity contribution in [2.45, 2.75) is 39.0 Å². The van der Waals surface area contributed by atoms with Crippen molar-refractivity contribution in [2.75, 3.05) is 11.4 Å². The minimum Gasteiger partial charge on any atom is -0.457 e. The van der Waals surface area contributed by atoms with E-state index in [9.17, 15) is 24.5 Å². The van der Waals surface area contributed by atoms with Gasteiger partial charge in [0, 0.05) is 25.5 Å². The molecule has 0 spiro atoms. The van der Waals surface area contributed by atoms with Gasteiger partial charge in [0.15, 0.2) is 0 Å². The van der Waals surface area contributed by atoms with Gasteiger partial charge in [-0.25, -0.2) is 4.79 Å². The van der Waals surface area contributed by atoms with Crippen molar-refractivity contribution in [2.24, 2.45) is 5.92 Å². The third-order valence-corrected chi connectivity index (χ3v) is 5.80. The number of fused-ring (bicyclic) bond motifs is 3. The molecule has 0 aromatic heterocycles. The summed E-state index contributed by atoms with van der Waals surface area (Å²) in [6.45, 7) is 3.74. The Bertz CT molecular complexity index is 1110. The summed E-state index contributed by atoms with van der Waals surface area (Å²) in [5, 5.41) is 11.3. The molecule has 9 heteroatoms. The summed E-state index contributed by atoms with van der Waals surface area (Å²) >= 11 is 0. The van der Waals surface area contributed by atoms with Gasteiger partial charge in [0.1, 0.15) is 6.61 Å². The van der Waals surface area contributed by atoms with Gasteiger partial charge >= 0.3 is 5.97 Å². The number of rotatable bonds is 6. The Labute approximate surface area is 184 Å². The molecule has 1 fully saturated rings. The monoisotopic (exact) mass is 437 g/mol. The summed E-state index contributed by atoms with van der Waals surface area (Å²) in [7, 11) is 0. The van der Waals surface area contributed by atoms with E-state index in [0.717, 1.165) is 0 Å². The molecule has 2 aromatic rings. The lowest BCUT2D eigenvalue weighted by molar-refractivity contribution is -0.385. The molecule has 0 bridgehead atoms. The van der Waals surface area contributed by atoms with Gasteiger partial charge in [-0.2, -0.15) is 0 Å². The Morgan fingerprint density at radius 2 is 1.84 bits per heavy atom. The lowest BCUT2D eigenvalue weighted by atomic mass is 9.95. The Kier molecular flexibility index (Phi) is 5.41. The van der Waals surface area contributed by atoms with Gasteiger partial charge < -0.3 is 9.64 Å². The van der Waals surface area contributed by atoms with Crippen LogP contribution in [0.1, 0.15) is 42.6 Å². The highest BCUT2D eigenvalue weighted by Crippen LogP contribution is 2.45. The highest BCUT2D eigenvalue weighted by atomic mass is 16.6. The van der Waals surface area contributed by atoms with Crippen molar-refractivity contribution in [3.63, 3.8) is 0 Å². The largest absolute Gasteiger partial charge is 0.457 e. The zero-order valence-corrected chi connectivity index (χ0v) is 17.8. The van der Waals surface area contributed by atoms with Crippen LogP contribution in [0.2, 0.25) is 0 Å². The minimum atomic E-state index is -1.61. The zero-order chi connectivity index (χ0) is 23.0. The second kappa shape index (κ2) is 8.07. The maximum Gasteiger partial charge on any atom is 0.354 e. The molecule has 0 radical (unpaired) electrons. The molecule has 9 nitrogen and oxygen atoms in total. The summed E-state index contributed by atoms with van der Waals surface area (Å²) in [4.78, 5) is 53.5. The Balaban J connectivity index is 1.75. The first kappa shape index (κ1) is 21.5. The maximum absolute atomic E-state index is 13.6. The molecule has 166 valence electrons. The van der Waals surface area contributed by atoms with Crippen LogP contribution in [-0.2, 0) is 20.9 Å². The van der Waals surface area contributed by atoms with Crippen molar-refractivity contribution in [3.8, 4) is 0 Å². The first-order valence-corrected chi connectivity index (χ1v) is 10.4. The molecular formula is C23H23N3O6. The molecule has 0 saturated carbocycles. The van der Waals surface area contributed by atoms with Crippen LogP contribution in [-0.4, -0.2) is 39.8 Å². The topological polar surface area (TPSA) is 110 Å². The Morgan fingerprint density at radius 1 is 1.16 bits per heavy atom. The molecule has 1 saturated heterocycles. The van der Waals surface area contributed by atoms with E-state index < -0.39 is 16.6 Å². The normalized spacial score (nSPS) is 19.7. The van der Waals surface area contributed by atoms with Crippen LogP contribution in [0.15, 0.2) is 48.5 Å². The molecule has 2 aliphatic rings. The Hall–Kier alpha value is -3.75. The summed E-state index contributed by atoms with van der Waals surface area (Å²) in [5.74, 6) is -1.36. The smallest absolute Gasteiger partial charge is 0.354 e. The van der Waals surface area contributed by atoms with Gasteiger partial charge in [0.05, 0.1) is 21.7 Å². The second-order valence-corrected chi connectivity index (χ2v) is 8.33. The number of hydrogen-bond donors (Lipinski definition) is 0. The van der Waals surface area contributed by atoms with E-state index in [1.165, 1.54) is 28.0 Å². The van der Waals surface area contributed by atoms with Crippen LogP contribution in [0, 0.1) is 16.0 Å². The first-order valence-electron chi connectivity index (χ1n) is 10.4. The minimum absolute atomic E-state index is 0.0293. The highest BCUT2D eigenvalue weighted by Gasteiger charge is 2.62. The molecule has 2 heterocycles. The fourth-order valence-corrected chi connectivity index (χ4v) is 4.44. The fourth-order valence-electron chi connectivity index (χ4n) is 4.44. The van der Waals surface area contributed by atoms with Gasteiger partial charge in [-0.3, -0.25) is 24.6 Å².